The smallest absolute Gasteiger partial charge is 0.363 e. The average molecular weight is 231 g/mol. The van der Waals surface area contributed by atoms with Crippen molar-refractivity contribution in [2.24, 2.45) is 4.99 Å². The number of hydrogen-bond acceptors (Lipinski definition) is 5. The van der Waals surface area contributed by atoms with Crippen LogP contribution in [0.1, 0.15) is 12.5 Å². The molecule has 0 bridgehead atoms. The number of ether oxygens (including phenoxy) is 2. The van der Waals surface area contributed by atoms with Gasteiger partial charge in [-0.2, -0.15) is 0 Å². The number of cyclic esters (lactones) is 1. The van der Waals surface area contributed by atoms with Crippen LogP contribution < -0.4 is 4.74 Å². The van der Waals surface area contributed by atoms with E-state index in [1.807, 2.05) is 0 Å². The van der Waals surface area contributed by atoms with Crippen LogP contribution in [-0.2, 0) is 14.3 Å². The number of esters is 2. The summed E-state index contributed by atoms with van der Waals surface area (Å²) >= 11 is 0. The van der Waals surface area contributed by atoms with Crippen LogP contribution in [0, 0.1) is 0 Å². The largest absolute Gasteiger partial charge is 0.427 e. The predicted molar refractivity (Wildman–Crippen MR) is 59.5 cm³/mol. The minimum atomic E-state index is -0.552. The molecule has 0 spiro atoms. The molecule has 17 heavy (non-hydrogen) atoms. The molecule has 1 aliphatic heterocycles. The minimum Gasteiger partial charge on any atom is -0.427 e. The zero-order valence-corrected chi connectivity index (χ0v) is 9.10. The number of hydrogen-bond donors (Lipinski definition) is 0. The SMILES string of the molecule is C=C1N=C(c2ccc(OC(C)=O)cc2)OC1=O. The normalized spacial score (nSPS) is 14.3. The van der Waals surface area contributed by atoms with Gasteiger partial charge in [-0.25, -0.2) is 9.79 Å². The Bertz CT molecular complexity index is 528. The molecule has 5 heteroatoms. The van der Waals surface area contributed by atoms with Crippen LogP contribution in [0.3, 0.4) is 0 Å². The molecule has 0 unspecified atom stereocenters. The minimum absolute atomic E-state index is 0.0732. The van der Waals surface area contributed by atoms with E-state index in [-0.39, 0.29) is 11.6 Å². The van der Waals surface area contributed by atoms with Crippen LogP contribution in [0.25, 0.3) is 0 Å². The van der Waals surface area contributed by atoms with Gasteiger partial charge in [-0.3, -0.25) is 4.79 Å². The Morgan fingerprint density at radius 2 is 2.00 bits per heavy atom. The number of benzene rings is 1. The first-order valence-electron chi connectivity index (χ1n) is 4.85. The van der Waals surface area contributed by atoms with E-state index in [4.69, 9.17) is 9.47 Å². The Kier molecular flexibility index (Phi) is 2.74. The molecule has 1 aromatic rings. The summed E-state index contributed by atoms with van der Waals surface area (Å²) in [4.78, 5) is 25.7. The van der Waals surface area contributed by atoms with Gasteiger partial charge in [0.2, 0.25) is 5.90 Å². The van der Waals surface area contributed by atoms with Gasteiger partial charge in [-0.15, -0.1) is 0 Å². The highest BCUT2D eigenvalue weighted by molar-refractivity contribution is 6.10. The van der Waals surface area contributed by atoms with Crippen LogP contribution in [0.4, 0.5) is 0 Å². The lowest BCUT2D eigenvalue weighted by Crippen LogP contribution is -2.05. The van der Waals surface area contributed by atoms with Gasteiger partial charge >= 0.3 is 11.9 Å². The van der Waals surface area contributed by atoms with Gasteiger partial charge in [-0.1, -0.05) is 6.58 Å². The highest BCUT2D eigenvalue weighted by atomic mass is 16.6. The monoisotopic (exact) mass is 231 g/mol. The molecule has 1 aliphatic rings. The summed E-state index contributed by atoms with van der Waals surface area (Å²) in [6, 6.07) is 6.47. The van der Waals surface area contributed by atoms with Gasteiger partial charge < -0.3 is 9.47 Å². The quantitative estimate of drug-likeness (QED) is 0.438. The number of nitrogens with zero attached hydrogens (tertiary/aromatic N) is 1. The first-order chi connectivity index (χ1) is 8.06. The summed E-state index contributed by atoms with van der Waals surface area (Å²) in [5.74, 6) is -0.320. The van der Waals surface area contributed by atoms with Crippen molar-refractivity contribution in [2.75, 3.05) is 0 Å². The lowest BCUT2D eigenvalue weighted by atomic mass is 10.2. The van der Waals surface area contributed by atoms with Gasteiger partial charge in [0.1, 0.15) is 11.4 Å². The lowest BCUT2D eigenvalue weighted by Gasteiger charge is -2.02. The van der Waals surface area contributed by atoms with Crippen molar-refractivity contribution in [1.29, 1.82) is 0 Å². The Morgan fingerprint density at radius 3 is 2.47 bits per heavy atom. The third-order valence-corrected chi connectivity index (χ3v) is 2.02. The Balaban J connectivity index is 2.19. The third-order valence-electron chi connectivity index (χ3n) is 2.02. The fourth-order valence-electron chi connectivity index (χ4n) is 1.29. The highest BCUT2D eigenvalue weighted by Gasteiger charge is 2.22. The van der Waals surface area contributed by atoms with Crippen molar-refractivity contribution >= 4 is 17.8 Å². The fraction of sp³-hybridized carbons (Fsp3) is 0.0833. The summed E-state index contributed by atoms with van der Waals surface area (Å²) in [5, 5.41) is 0. The zero-order valence-electron chi connectivity index (χ0n) is 9.10. The van der Waals surface area contributed by atoms with Crippen LogP contribution in [0.2, 0.25) is 0 Å². The molecule has 2 rings (SSSR count). The molecule has 86 valence electrons. The molecular weight excluding hydrogens is 222 g/mol. The summed E-state index contributed by atoms with van der Waals surface area (Å²) in [6.45, 7) is 4.76. The summed E-state index contributed by atoms with van der Waals surface area (Å²) in [5.41, 5.74) is 0.692. The number of carbonyl (C=O) groups is 2. The molecule has 0 aliphatic carbocycles. The van der Waals surface area contributed by atoms with Crippen molar-refractivity contribution in [3.05, 3.63) is 42.1 Å². The standard InChI is InChI=1S/C12H9NO4/c1-7-12(15)17-11(13-7)9-3-5-10(6-4-9)16-8(2)14/h3-6H,1H2,2H3. The molecule has 0 amide bonds. The Morgan fingerprint density at radius 1 is 1.35 bits per heavy atom. The van der Waals surface area contributed by atoms with Gasteiger partial charge in [0.05, 0.1) is 0 Å². The molecule has 0 fully saturated rings. The molecule has 0 saturated carbocycles. The van der Waals surface area contributed by atoms with E-state index in [0.29, 0.717) is 11.3 Å². The summed E-state index contributed by atoms with van der Waals surface area (Å²) in [7, 11) is 0. The van der Waals surface area contributed by atoms with Crippen molar-refractivity contribution < 1.29 is 19.1 Å². The van der Waals surface area contributed by atoms with Crippen molar-refractivity contribution in [2.45, 2.75) is 6.92 Å². The molecule has 0 atom stereocenters. The van der Waals surface area contributed by atoms with E-state index in [2.05, 4.69) is 11.6 Å². The predicted octanol–water partition coefficient (Wildman–Crippen LogP) is 1.43. The maximum absolute atomic E-state index is 11.1. The van der Waals surface area contributed by atoms with E-state index >= 15 is 0 Å². The maximum Gasteiger partial charge on any atom is 0.363 e. The first-order valence-corrected chi connectivity index (χ1v) is 4.85. The van der Waals surface area contributed by atoms with Gasteiger partial charge in [0, 0.05) is 12.5 Å². The summed E-state index contributed by atoms with van der Waals surface area (Å²) < 4.78 is 9.75. The van der Waals surface area contributed by atoms with Crippen LogP contribution in [-0.4, -0.2) is 17.8 Å². The number of carbonyl (C=O) groups excluding carboxylic acids is 2. The molecular formula is C12H9NO4. The van der Waals surface area contributed by atoms with Crippen molar-refractivity contribution in [3.8, 4) is 5.75 Å². The zero-order chi connectivity index (χ0) is 12.4. The average Bonchev–Trinajstić information content (AvgIpc) is 2.59. The number of aliphatic imine (C=N–C) groups is 1. The van der Waals surface area contributed by atoms with Gasteiger partial charge in [-0.05, 0) is 24.3 Å². The lowest BCUT2D eigenvalue weighted by molar-refractivity contribution is -0.132. The van der Waals surface area contributed by atoms with E-state index < -0.39 is 11.9 Å². The van der Waals surface area contributed by atoms with Crippen molar-refractivity contribution in [1.82, 2.24) is 0 Å². The summed E-state index contributed by atoms with van der Waals surface area (Å²) in [6.07, 6.45) is 0. The fourth-order valence-corrected chi connectivity index (χ4v) is 1.29. The second kappa shape index (κ2) is 4.21. The first kappa shape index (κ1) is 11.1. The van der Waals surface area contributed by atoms with Crippen molar-refractivity contribution in [3.63, 3.8) is 0 Å². The third kappa shape index (κ3) is 2.39. The second-order valence-corrected chi connectivity index (χ2v) is 3.37. The topological polar surface area (TPSA) is 65.0 Å². The van der Waals surface area contributed by atoms with Gasteiger partial charge in [0.15, 0.2) is 0 Å². The van der Waals surface area contributed by atoms with E-state index in [9.17, 15) is 9.59 Å². The molecule has 1 aromatic carbocycles. The van der Waals surface area contributed by atoms with E-state index in [0.717, 1.165) is 0 Å². The molecule has 0 saturated heterocycles. The maximum atomic E-state index is 11.1. The van der Waals surface area contributed by atoms with E-state index in [1.54, 1.807) is 24.3 Å². The Labute approximate surface area is 97.4 Å². The van der Waals surface area contributed by atoms with Gasteiger partial charge in [0.25, 0.3) is 0 Å². The molecule has 1 heterocycles. The molecule has 0 radical (unpaired) electrons. The second-order valence-electron chi connectivity index (χ2n) is 3.37. The van der Waals surface area contributed by atoms with E-state index in [1.165, 1.54) is 6.92 Å². The number of rotatable bonds is 2. The Hall–Kier alpha value is -2.43. The van der Waals surface area contributed by atoms with Crippen LogP contribution in [0.5, 0.6) is 5.75 Å². The molecule has 0 aromatic heterocycles. The molecule has 5 nitrogen and oxygen atoms in total. The van der Waals surface area contributed by atoms with Crippen LogP contribution in [0.15, 0.2) is 41.5 Å². The highest BCUT2D eigenvalue weighted by Crippen LogP contribution is 2.18. The molecule has 0 N–H and O–H groups in total. The van der Waals surface area contributed by atoms with Crippen LogP contribution >= 0.6 is 0 Å².